The number of hydrogen-bond acceptors (Lipinski definition) is 4. The average molecular weight is 456 g/mol. The minimum absolute atomic E-state index is 0.0315. The number of thioether (sulfide) groups is 1. The third kappa shape index (κ3) is 4.23. The van der Waals surface area contributed by atoms with Crippen LogP contribution < -0.4 is 10.5 Å². The Hall–Kier alpha value is -2.31. The van der Waals surface area contributed by atoms with Gasteiger partial charge in [0.15, 0.2) is 5.16 Å². The molecule has 2 atom stereocenters. The Kier molecular flexibility index (Phi) is 6.13. The van der Waals surface area contributed by atoms with Gasteiger partial charge in [0.1, 0.15) is 0 Å². The van der Waals surface area contributed by atoms with E-state index >= 15 is 0 Å². The van der Waals surface area contributed by atoms with E-state index in [1.807, 2.05) is 30.0 Å². The lowest BCUT2D eigenvalue weighted by Gasteiger charge is -2.26. The van der Waals surface area contributed by atoms with Crippen molar-refractivity contribution in [3.8, 4) is 0 Å². The van der Waals surface area contributed by atoms with Crippen LogP contribution in [0, 0.1) is 5.92 Å². The fraction of sp³-hybridized carbons (Fsp3) is 0.375. The fourth-order valence-corrected chi connectivity index (χ4v) is 5.23. The molecule has 0 saturated heterocycles. The molecule has 0 saturated carbocycles. The molecular formula is C24H26ClN3O2S. The molecule has 0 spiro atoms. The van der Waals surface area contributed by atoms with Gasteiger partial charge in [-0.1, -0.05) is 55.4 Å². The zero-order valence-corrected chi connectivity index (χ0v) is 19.7. The molecule has 1 aliphatic rings. The number of aromatic nitrogens is 2. The van der Waals surface area contributed by atoms with Crippen molar-refractivity contribution in [3.05, 3.63) is 63.4 Å². The molecular weight excluding hydrogens is 430 g/mol. The molecule has 1 aliphatic heterocycles. The van der Waals surface area contributed by atoms with E-state index in [1.165, 1.54) is 17.3 Å². The zero-order chi connectivity index (χ0) is 22.3. The van der Waals surface area contributed by atoms with E-state index < -0.39 is 0 Å². The van der Waals surface area contributed by atoms with Crippen molar-refractivity contribution in [2.45, 2.75) is 57.1 Å². The molecule has 4 rings (SSSR count). The highest BCUT2D eigenvalue weighted by molar-refractivity contribution is 8.00. The second-order valence-electron chi connectivity index (χ2n) is 8.52. The molecule has 2 heterocycles. The number of halogens is 1. The molecule has 0 aliphatic carbocycles. The molecule has 0 fully saturated rings. The maximum Gasteiger partial charge on any atom is 0.262 e. The van der Waals surface area contributed by atoms with E-state index in [1.54, 1.807) is 22.8 Å². The topological polar surface area (TPSA) is 55.2 Å². The Bertz CT molecular complexity index is 1210. The van der Waals surface area contributed by atoms with Crippen LogP contribution in [0.1, 0.15) is 33.3 Å². The molecule has 3 aromatic rings. The molecule has 1 aromatic heterocycles. The number of carbonyl (C=O) groups excluding carboxylic acids is 1. The summed E-state index contributed by atoms with van der Waals surface area (Å²) in [6.07, 6.45) is 0.854. The highest BCUT2D eigenvalue weighted by Crippen LogP contribution is 2.34. The Morgan fingerprint density at radius 2 is 1.97 bits per heavy atom. The average Bonchev–Trinajstić information content (AvgIpc) is 3.06. The summed E-state index contributed by atoms with van der Waals surface area (Å²) in [7, 11) is 0. The lowest BCUT2D eigenvalue weighted by molar-refractivity contribution is -0.118. The maximum atomic E-state index is 13.4. The van der Waals surface area contributed by atoms with E-state index in [0.717, 1.165) is 12.1 Å². The molecule has 1 amide bonds. The van der Waals surface area contributed by atoms with Gasteiger partial charge in [0.25, 0.3) is 5.56 Å². The van der Waals surface area contributed by atoms with E-state index in [0.29, 0.717) is 27.6 Å². The summed E-state index contributed by atoms with van der Waals surface area (Å²) < 4.78 is 1.68. The highest BCUT2D eigenvalue weighted by Gasteiger charge is 2.34. The number of anilines is 1. The number of amides is 1. The monoisotopic (exact) mass is 455 g/mol. The van der Waals surface area contributed by atoms with Crippen molar-refractivity contribution in [1.29, 1.82) is 0 Å². The summed E-state index contributed by atoms with van der Waals surface area (Å²) in [5.74, 6) is 0.288. The molecule has 7 heteroatoms. The number of benzene rings is 2. The number of rotatable bonds is 5. The summed E-state index contributed by atoms with van der Waals surface area (Å²) in [4.78, 5) is 33.3. The lowest BCUT2D eigenvalue weighted by atomic mass is 10.1. The number of hydrogen-bond donors (Lipinski definition) is 0. The molecule has 0 bridgehead atoms. The number of para-hydroxylation sites is 1. The standard InChI is InChI=1S/C24H26ClN3O2S/c1-14(2)13-27-23(30)19-12-18(25)9-10-20(19)26-24(27)31-16(4)22(29)28-15(3)11-17-7-5-6-8-21(17)28/h5-10,12,14-16H,11,13H2,1-4H3/t15-,16+/m1/s1. The summed E-state index contributed by atoms with van der Waals surface area (Å²) in [5, 5.41) is 1.19. The highest BCUT2D eigenvalue weighted by atomic mass is 35.5. The van der Waals surface area contributed by atoms with Crippen LogP contribution in [0.15, 0.2) is 52.4 Å². The van der Waals surface area contributed by atoms with Gasteiger partial charge in [-0.2, -0.15) is 0 Å². The summed E-state index contributed by atoms with van der Waals surface area (Å²) in [5.41, 5.74) is 2.64. The van der Waals surface area contributed by atoms with E-state index in [4.69, 9.17) is 16.6 Å². The maximum absolute atomic E-state index is 13.4. The van der Waals surface area contributed by atoms with Gasteiger partial charge in [-0.15, -0.1) is 0 Å². The third-order valence-electron chi connectivity index (χ3n) is 5.50. The van der Waals surface area contributed by atoms with Crippen LogP contribution in [-0.2, 0) is 17.8 Å². The van der Waals surface area contributed by atoms with Crippen molar-refractivity contribution in [1.82, 2.24) is 9.55 Å². The first-order valence-electron chi connectivity index (χ1n) is 10.5. The predicted molar refractivity (Wildman–Crippen MR) is 128 cm³/mol. The van der Waals surface area contributed by atoms with Crippen LogP contribution in [0.3, 0.4) is 0 Å². The van der Waals surface area contributed by atoms with E-state index in [-0.39, 0.29) is 28.7 Å². The first-order valence-corrected chi connectivity index (χ1v) is 11.8. The van der Waals surface area contributed by atoms with Gasteiger partial charge < -0.3 is 4.90 Å². The quantitative estimate of drug-likeness (QED) is 0.393. The van der Waals surface area contributed by atoms with Crippen molar-refractivity contribution >= 4 is 45.9 Å². The van der Waals surface area contributed by atoms with Gasteiger partial charge in [-0.25, -0.2) is 4.98 Å². The van der Waals surface area contributed by atoms with Crippen LogP contribution in [-0.4, -0.2) is 26.8 Å². The Morgan fingerprint density at radius 1 is 1.23 bits per heavy atom. The predicted octanol–water partition coefficient (Wildman–Crippen LogP) is 5.16. The largest absolute Gasteiger partial charge is 0.308 e. The number of carbonyl (C=O) groups is 1. The van der Waals surface area contributed by atoms with Gasteiger partial charge in [0.2, 0.25) is 5.91 Å². The first kappa shape index (κ1) is 21.9. The summed E-state index contributed by atoms with van der Waals surface area (Å²) in [6, 6.07) is 13.3. The molecule has 162 valence electrons. The van der Waals surface area contributed by atoms with Crippen molar-refractivity contribution in [2.24, 2.45) is 5.92 Å². The van der Waals surface area contributed by atoms with Gasteiger partial charge in [0.05, 0.1) is 16.2 Å². The number of nitrogens with zero attached hydrogens (tertiary/aromatic N) is 3. The third-order valence-corrected chi connectivity index (χ3v) is 6.82. The van der Waals surface area contributed by atoms with Crippen molar-refractivity contribution < 1.29 is 4.79 Å². The minimum Gasteiger partial charge on any atom is -0.308 e. The Balaban J connectivity index is 1.70. The zero-order valence-electron chi connectivity index (χ0n) is 18.1. The minimum atomic E-state index is -0.385. The van der Waals surface area contributed by atoms with Gasteiger partial charge in [0, 0.05) is 23.3 Å². The first-order chi connectivity index (χ1) is 14.8. The van der Waals surface area contributed by atoms with Gasteiger partial charge in [-0.05, 0) is 56.0 Å². The summed E-state index contributed by atoms with van der Waals surface area (Å²) in [6.45, 7) is 8.60. The van der Waals surface area contributed by atoms with Crippen LogP contribution >= 0.6 is 23.4 Å². The van der Waals surface area contributed by atoms with Gasteiger partial charge >= 0.3 is 0 Å². The van der Waals surface area contributed by atoms with Crippen LogP contribution in [0.25, 0.3) is 10.9 Å². The Morgan fingerprint density at radius 3 is 2.71 bits per heavy atom. The van der Waals surface area contributed by atoms with Gasteiger partial charge in [-0.3, -0.25) is 14.2 Å². The van der Waals surface area contributed by atoms with E-state index in [9.17, 15) is 9.59 Å². The molecule has 0 N–H and O–H groups in total. The SMILES string of the molecule is CC(C)Cn1c(S[C@@H](C)C(=O)N2c3ccccc3C[C@H]2C)nc2ccc(Cl)cc2c1=O. The number of fused-ring (bicyclic) bond motifs is 2. The Labute approximate surface area is 191 Å². The molecule has 0 radical (unpaired) electrons. The summed E-state index contributed by atoms with van der Waals surface area (Å²) >= 11 is 7.46. The van der Waals surface area contributed by atoms with E-state index in [2.05, 4.69) is 26.8 Å². The molecule has 31 heavy (non-hydrogen) atoms. The normalized spacial score (nSPS) is 16.7. The van der Waals surface area contributed by atoms with Crippen LogP contribution in [0.5, 0.6) is 0 Å². The second-order valence-corrected chi connectivity index (χ2v) is 10.3. The second kappa shape index (κ2) is 8.67. The molecule has 0 unspecified atom stereocenters. The fourth-order valence-electron chi connectivity index (χ4n) is 4.09. The molecule has 2 aromatic carbocycles. The van der Waals surface area contributed by atoms with Crippen LogP contribution in [0.4, 0.5) is 5.69 Å². The lowest BCUT2D eigenvalue weighted by Crippen LogP contribution is -2.40. The van der Waals surface area contributed by atoms with Crippen LogP contribution in [0.2, 0.25) is 5.02 Å². The molecule has 5 nitrogen and oxygen atoms in total. The van der Waals surface area contributed by atoms with Crippen molar-refractivity contribution in [3.63, 3.8) is 0 Å². The smallest absolute Gasteiger partial charge is 0.262 e. The van der Waals surface area contributed by atoms with Crippen molar-refractivity contribution in [2.75, 3.05) is 4.90 Å².